The quantitative estimate of drug-likeness (QED) is 0.531. The number of hydrogen-bond donors (Lipinski definition) is 0. The summed E-state index contributed by atoms with van der Waals surface area (Å²) in [5.41, 5.74) is 0.838. The Labute approximate surface area is 142 Å². The first-order valence-corrected chi connectivity index (χ1v) is 7.49. The van der Waals surface area contributed by atoms with E-state index in [1.54, 1.807) is 25.1 Å². The smallest absolute Gasteiger partial charge is 0.198 e. The van der Waals surface area contributed by atoms with Crippen molar-refractivity contribution in [2.45, 2.75) is 6.92 Å². The van der Waals surface area contributed by atoms with Crippen LogP contribution in [0.1, 0.15) is 32.2 Å². The molecule has 0 radical (unpaired) electrons. The minimum absolute atomic E-state index is 0.0635. The van der Waals surface area contributed by atoms with Gasteiger partial charge in [0.25, 0.3) is 0 Å². The van der Waals surface area contributed by atoms with Gasteiger partial charge in [0.2, 0.25) is 0 Å². The lowest BCUT2D eigenvalue weighted by Gasteiger charge is -2.13. The van der Waals surface area contributed by atoms with E-state index in [-0.39, 0.29) is 16.8 Å². The monoisotopic (exact) mass is 342 g/mol. The van der Waals surface area contributed by atoms with Gasteiger partial charge in [-0.1, -0.05) is 23.7 Å². The second-order valence-electron chi connectivity index (χ2n) is 5.15. The molecule has 0 saturated carbocycles. The summed E-state index contributed by atoms with van der Waals surface area (Å²) >= 11 is 6.02. The molecule has 6 heteroatoms. The fraction of sp³-hybridized carbons (Fsp3) is 0.0556. The Morgan fingerprint density at radius 1 is 1.21 bits per heavy atom. The molecule has 0 fully saturated rings. The molecular formula is C18H12ClFN2O2. The van der Waals surface area contributed by atoms with Gasteiger partial charge in [0.05, 0.1) is 17.4 Å². The van der Waals surface area contributed by atoms with Crippen molar-refractivity contribution in [1.82, 2.24) is 9.55 Å². The van der Waals surface area contributed by atoms with E-state index in [4.69, 9.17) is 11.6 Å². The first-order valence-electron chi connectivity index (χ1n) is 7.11. The van der Waals surface area contributed by atoms with Gasteiger partial charge in [0.1, 0.15) is 17.3 Å². The highest BCUT2D eigenvalue weighted by molar-refractivity contribution is 6.31. The molecule has 1 aromatic heterocycles. The molecule has 0 aliphatic rings. The van der Waals surface area contributed by atoms with Crippen LogP contribution < -0.4 is 0 Å². The highest BCUT2D eigenvalue weighted by Gasteiger charge is 2.20. The topological polar surface area (TPSA) is 52.0 Å². The summed E-state index contributed by atoms with van der Waals surface area (Å²) < 4.78 is 15.5. The highest BCUT2D eigenvalue weighted by Crippen LogP contribution is 2.25. The first kappa shape index (κ1) is 16.1. The summed E-state index contributed by atoms with van der Waals surface area (Å²) in [5, 5.41) is 0.337. The molecule has 0 amide bonds. The van der Waals surface area contributed by atoms with Crippen molar-refractivity contribution in [2.75, 3.05) is 0 Å². The minimum Gasteiger partial charge on any atom is -0.296 e. The van der Waals surface area contributed by atoms with Crippen LogP contribution in [-0.4, -0.2) is 21.6 Å². The highest BCUT2D eigenvalue weighted by atomic mass is 35.5. The Morgan fingerprint density at radius 2 is 1.96 bits per heavy atom. The zero-order chi connectivity index (χ0) is 17.3. The average molecular weight is 343 g/mol. The number of ketones is 1. The number of aromatic nitrogens is 2. The molecule has 3 rings (SSSR count). The van der Waals surface area contributed by atoms with Crippen molar-refractivity contribution in [1.29, 1.82) is 0 Å². The number of carbonyl (C=O) groups is 2. The molecule has 0 saturated heterocycles. The second-order valence-corrected chi connectivity index (χ2v) is 5.59. The number of aldehydes is 1. The van der Waals surface area contributed by atoms with E-state index in [2.05, 4.69) is 4.98 Å². The van der Waals surface area contributed by atoms with Crippen molar-refractivity contribution >= 4 is 23.7 Å². The molecule has 1 heterocycles. The van der Waals surface area contributed by atoms with Crippen LogP contribution in [0.2, 0.25) is 5.02 Å². The summed E-state index contributed by atoms with van der Waals surface area (Å²) in [7, 11) is 0. The maximum absolute atomic E-state index is 14.0. The molecule has 120 valence electrons. The van der Waals surface area contributed by atoms with Gasteiger partial charge in [0, 0.05) is 10.6 Å². The average Bonchev–Trinajstić information content (AvgIpc) is 2.95. The molecule has 24 heavy (non-hydrogen) atoms. The zero-order valence-corrected chi connectivity index (χ0v) is 13.4. The van der Waals surface area contributed by atoms with Crippen molar-refractivity contribution in [2.24, 2.45) is 0 Å². The van der Waals surface area contributed by atoms with Crippen molar-refractivity contribution in [3.8, 4) is 5.69 Å². The summed E-state index contributed by atoms with van der Waals surface area (Å²) in [4.78, 5) is 28.2. The Hall–Kier alpha value is -2.79. The van der Waals surface area contributed by atoms with Gasteiger partial charge >= 0.3 is 0 Å². The van der Waals surface area contributed by atoms with E-state index in [0.717, 1.165) is 0 Å². The van der Waals surface area contributed by atoms with Crippen LogP contribution in [0.4, 0.5) is 4.39 Å². The summed E-state index contributed by atoms with van der Waals surface area (Å²) in [6.45, 7) is 1.71. The van der Waals surface area contributed by atoms with Crippen LogP contribution in [0.15, 0.2) is 48.7 Å². The van der Waals surface area contributed by atoms with E-state index in [0.29, 0.717) is 22.8 Å². The number of hydrogen-bond acceptors (Lipinski definition) is 3. The fourth-order valence-corrected chi connectivity index (χ4v) is 2.71. The van der Waals surface area contributed by atoms with Crippen LogP contribution in [0, 0.1) is 12.7 Å². The van der Waals surface area contributed by atoms with Crippen LogP contribution in [0.5, 0.6) is 0 Å². The molecule has 0 aliphatic heterocycles. The number of nitrogens with zero attached hydrogens (tertiary/aromatic N) is 2. The van der Waals surface area contributed by atoms with Crippen LogP contribution in [0.25, 0.3) is 5.69 Å². The van der Waals surface area contributed by atoms with Gasteiger partial charge in [-0.25, -0.2) is 9.37 Å². The molecule has 0 N–H and O–H groups in total. The Kier molecular flexibility index (Phi) is 4.27. The van der Waals surface area contributed by atoms with Gasteiger partial charge < -0.3 is 0 Å². The number of halogens is 2. The first-order chi connectivity index (χ1) is 11.5. The molecule has 0 bridgehead atoms. The summed E-state index contributed by atoms with van der Waals surface area (Å²) in [5.74, 6) is -0.607. The largest absolute Gasteiger partial charge is 0.296 e. The Balaban J connectivity index is 2.24. The standard InChI is InChI=1S/C18H12ClFN2O2/c1-11-21-9-13(10-23)22(11)17-7-6-12(19)8-15(17)18(24)14-4-2-3-5-16(14)20/h2-10H,1H3. The lowest BCUT2D eigenvalue weighted by molar-refractivity contribution is 0.103. The maximum Gasteiger partial charge on any atom is 0.198 e. The van der Waals surface area contributed by atoms with Gasteiger partial charge in [-0.15, -0.1) is 0 Å². The SMILES string of the molecule is Cc1ncc(C=O)n1-c1ccc(Cl)cc1C(=O)c1ccccc1F. The van der Waals surface area contributed by atoms with Gasteiger partial charge in [-0.2, -0.15) is 0 Å². The number of aryl methyl sites for hydroxylation is 1. The molecule has 4 nitrogen and oxygen atoms in total. The normalized spacial score (nSPS) is 10.6. The zero-order valence-electron chi connectivity index (χ0n) is 12.7. The second kappa shape index (κ2) is 6.37. The number of carbonyl (C=O) groups excluding carboxylic acids is 2. The van der Waals surface area contributed by atoms with Gasteiger partial charge in [0.15, 0.2) is 12.1 Å². The predicted molar refractivity (Wildman–Crippen MR) is 88.5 cm³/mol. The van der Waals surface area contributed by atoms with E-state index in [1.807, 2.05) is 0 Å². The molecule has 0 atom stereocenters. The minimum atomic E-state index is -0.619. The third kappa shape index (κ3) is 2.74. The van der Waals surface area contributed by atoms with E-state index in [9.17, 15) is 14.0 Å². The Morgan fingerprint density at radius 3 is 2.67 bits per heavy atom. The molecule has 0 unspecified atom stereocenters. The molecule has 3 aromatic rings. The third-order valence-corrected chi connectivity index (χ3v) is 3.88. The predicted octanol–water partition coefficient (Wildman–Crippen LogP) is 4.02. The number of imidazole rings is 1. The molecule has 0 spiro atoms. The number of benzene rings is 2. The van der Waals surface area contributed by atoms with Gasteiger partial charge in [-0.05, 0) is 37.3 Å². The van der Waals surface area contributed by atoms with Crippen molar-refractivity contribution in [3.63, 3.8) is 0 Å². The van der Waals surface area contributed by atoms with Crippen molar-refractivity contribution in [3.05, 3.63) is 82.1 Å². The fourth-order valence-electron chi connectivity index (χ4n) is 2.53. The molecule has 2 aromatic carbocycles. The maximum atomic E-state index is 14.0. The van der Waals surface area contributed by atoms with E-state index < -0.39 is 11.6 Å². The van der Waals surface area contributed by atoms with Crippen LogP contribution in [0.3, 0.4) is 0 Å². The van der Waals surface area contributed by atoms with E-state index in [1.165, 1.54) is 35.0 Å². The molecular weight excluding hydrogens is 331 g/mol. The van der Waals surface area contributed by atoms with Gasteiger partial charge in [-0.3, -0.25) is 14.2 Å². The molecule has 0 aliphatic carbocycles. The third-order valence-electron chi connectivity index (χ3n) is 3.65. The lowest BCUT2D eigenvalue weighted by atomic mass is 10.0. The number of rotatable bonds is 4. The summed E-state index contributed by atoms with van der Waals surface area (Å²) in [6, 6.07) is 10.4. The van der Waals surface area contributed by atoms with E-state index >= 15 is 0 Å². The Bertz CT molecular complexity index is 950. The van der Waals surface area contributed by atoms with Crippen LogP contribution in [-0.2, 0) is 0 Å². The van der Waals surface area contributed by atoms with Crippen molar-refractivity contribution < 1.29 is 14.0 Å². The lowest BCUT2D eigenvalue weighted by Crippen LogP contribution is -2.11. The van der Waals surface area contributed by atoms with Crippen LogP contribution >= 0.6 is 11.6 Å². The summed E-state index contributed by atoms with van der Waals surface area (Å²) in [6.07, 6.45) is 2.06.